The van der Waals surface area contributed by atoms with Crippen molar-refractivity contribution in [2.24, 2.45) is 5.92 Å². The molecule has 0 heterocycles. The lowest BCUT2D eigenvalue weighted by Gasteiger charge is -2.12. The molecule has 0 aliphatic heterocycles. The molecule has 2 nitrogen and oxygen atoms in total. The van der Waals surface area contributed by atoms with Crippen LogP contribution < -0.4 is 0 Å². The first-order chi connectivity index (χ1) is 5.06. The Morgan fingerprint density at radius 3 is 1.64 bits per heavy atom. The molecule has 0 radical (unpaired) electrons. The van der Waals surface area contributed by atoms with Crippen molar-refractivity contribution in [3.8, 4) is 0 Å². The highest BCUT2D eigenvalue weighted by Gasteiger charge is 2.07. The Balaban J connectivity index is 3.76. The van der Waals surface area contributed by atoms with E-state index in [0.717, 1.165) is 30.7 Å². The van der Waals surface area contributed by atoms with Crippen molar-refractivity contribution in [3.63, 3.8) is 0 Å². The Kier molecular flexibility index (Phi) is 4.75. The molecule has 0 saturated carbocycles. The molecule has 0 atom stereocenters. The van der Waals surface area contributed by atoms with Gasteiger partial charge in [0.2, 0.25) is 0 Å². The van der Waals surface area contributed by atoms with Crippen molar-refractivity contribution in [2.75, 3.05) is 0 Å². The summed E-state index contributed by atoms with van der Waals surface area (Å²) in [6, 6.07) is 0. The van der Waals surface area contributed by atoms with Gasteiger partial charge >= 0.3 is 0 Å². The van der Waals surface area contributed by atoms with Crippen LogP contribution in [0.25, 0.3) is 0 Å². The molecule has 0 unspecified atom stereocenters. The van der Waals surface area contributed by atoms with Crippen LogP contribution >= 0.6 is 0 Å². The first kappa shape index (κ1) is 10.3. The zero-order valence-electron chi connectivity index (χ0n) is 7.70. The molecular weight excluding hydrogens is 136 g/mol. The molecule has 2 heteroatoms. The van der Waals surface area contributed by atoms with Gasteiger partial charge in [-0.15, -0.1) is 0 Å². The van der Waals surface area contributed by atoms with E-state index in [0.29, 0.717) is 5.92 Å². The third-order valence-corrected chi connectivity index (χ3v) is 1.77. The predicted octanol–water partition coefficient (Wildman–Crippen LogP) is 2.87. The van der Waals surface area contributed by atoms with E-state index in [2.05, 4.69) is 6.92 Å². The monoisotopic (exact) mass is 154 g/mol. The van der Waals surface area contributed by atoms with E-state index in [1.165, 1.54) is 0 Å². The molecule has 0 amide bonds. The van der Waals surface area contributed by atoms with E-state index >= 15 is 0 Å². The van der Waals surface area contributed by atoms with Gasteiger partial charge in [-0.05, 0) is 32.6 Å². The van der Waals surface area contributed by atoms with Crippen LogP contribution in [-0.2, 0) is 0 Å². The molecule has 0 aliphatic carbocycles. The minimum absolute atomic E-state index is 0.519. The van der Waals surface area contributed by atoms with Gasteiger partial charge in [-0.1, -0.05) is 13.3 Å². The van der Waals surface area contributed by atoms with Gasteiger partial charge in [0.15, 0.2) is 0 Å². The molecule has 0 aliphatic rings. The minimum Gasteiger partial charge on any atom is -0.310 e. The van der Waals surface area contributed by atoms with Gasteiger partial charge in [0, 0.05) is 11.4 Å². The summed E-state index contributed by atoms with van der Waals surface area (Å²) in [7, 11) is 0. The first-order valence-electron chi connectivity index (χ1n) is 4.14. The molecule has 11 heavy (non-hydrogen) atoms. The number of rotatable bonds is 5. The number of nitrogens with one attached hydrogen (secondary N) is 2. The molecule has 0 saturated heterocycles. The fraction of sp³-hybridized carbons (Fsp3) is 0.778. The molecule has 0 rings (SSSR count). The van der Waals surface area contributed by atoms with Gasteiger partial charge in [-0.2, -0.15) is 0 Å². The lowest BCUT2D eigenvalue weighted by atomic mass is 9.94. The standard InChI is InChI=1S/C9H18N2/c1-4-9(5-7(2)10)6-8(3)11/h9-11H,4-6H2,1-3H3. The minimum atomic E-state index is 0.519. The summed E-state index contributed by atoms with van der Waals surface area (Å²) in [6.45, 7) is 5.79. The largest absolute Gasteiger partial charge is 0.310 e. The maximum absolute atomic E-state index is 7.30. The SMILES string of the molecule is CCC(CC(C)=N)CC(C)=N. The Morgan fingerprint density at radius 1 is 1.09 bits per heavy atom. The maximum atomic E-state index is 7.30. The third-order valence-electron chi connectivity index (χ3n) is 1.77. The summed E-state index contributed by atoms with van der Waals surface area (Å²) in [5.74, 6) is 0.519. The zero-order valence-corrected chi connectivity index (χ0v) is 7.70. The van der Waals surface area contributed by atoms with Crippen LogP contribution in [0.1, 0.15) is 40.0 Å². The summed E-state index contributed by atoms with van der Waals surface area (Å²) in [5, 5.41) is 14.6. The van der Waals surface area contributed by atoms with Crippen LogP contribution in [-0.4, -0.2) is 11.4 Å². The smallest absolute Gasteiger partial charge is 0.00611 e. The maximum Gasteiger partial charge on any atom is 0.00611 e. The van der Waals surface area contributed by atoms with Crippen LogP contribution in [0.2, 0.25) is 0 Å². The first-order valence-corrected chi connectivity index (χ1v) is 4.14. The van der Waals surface area contributed by atoms with E-state index in [-0.39, 0.29) is 0 Å². The molecule has 0 spiro atoms. The van der Waals surface area contributed by atoms with Crippen molar-refractivity contribution in [3.05, 3.63) is 0 Å². The second kappa shape index (κ2) is 5.05. The third kappa shape index (κ3) is 5.77. The van der Waals surface area contributed by atoms with Gasteiger partial charge in [0.1, 0.15) is 0 Å². The average molecular weight is 154 g/mol. The molecular formula is C9H18N2. The van der Waals surface area contributed by atoms with Crippen LogP contribution in [0, 0.1) is 16.7 Å². The van der Waals surface area contributed by atoms with E-state index in [4.69, 9.17) is 10.8 Å². The second-order valence-electron chi connectivity index (χ2n) is 3.24. The van der Waals surface area contributed by atoms with Crippen LogP contribution in [0.3, 0.4) is 0 Å². The lowest BCUT2D eigenvalue weighted by molar-refractivity contribution is 0.547. The van der Waals surface area contributed by atoms with Gasteiger partial charge in [-0.25, -0.2) is 0 Å². The van der Waals surface area contributed by atoms with Crippen molar-refractivity contribution in [2.45, 2.75) is 40.0 Å². The Bertz CT molecular complexity index is 134. The van der Waals surface area contributed by atoms with E-state index < -0.39 is 0 Å². The predicted molar refractivity (Wildman–Crippen MR) is 49.8 cm³/mol. The summed E-state index contributed by atoms with van der Waals surface area (Å²) < 4.78 is 0. The van der Waals surface area contributed by atoms with Gasteiger partial charge < -0.3 is 10.8 Å². The van der Waals surface area contributed by atoms with E-state index in [1.807, 2.05) is 13.8 Å². The second-order valence-corrected chi connectivity index (χ2v) is 3.24. The molecule has 0 bridgehead atoms. The normalized spacial score (nSPS) is 12.6. The fourth-order valence-electron chi connectivity index (χ4n) is 1.23. The van der Waals surface area contributed by atoms with Crippen LogP contribution in [0.15, 0.2) is 0 Å². The van der Waals surface area contributed by atoms with Crippen LogP contribution in [0.5, 0.6) is 0 Å². The number of hydrogen-bond donors (Lipinski definition) is 2. The molecule has 0 fully saturated rings. The summed E-state index contributed by atoms with van der Waals surface area (Å²) >= 11 is 0. The molecule has 64 valence electrons. The summed E-state index contributed by atoms with van der Waals surface area (Å²) in [4.78, 5) is 0. The highest BCUT2D eigenvalue weighted by molar-refractivity contribution is 5.81. The van der Waals surface area contributed by atoms with Crippen molar-refractivity contribution < 1.29 is 0 Å². The van der Waals surface area contributed by atoms with Gasteiger partial charge in [-0.3, -0.25) is 0 Å². The quantitative estimate of drug-likeness (QED) is 0.572. The summed E-state index contributed by atoms with van der Waals surface area (Å²) in [6.07, 6.45) is 2.78. The van der Waals surface area contributed by atoms with Gasteiger partial charge in [0.25, 0.3) is 0 Å². The zero-order chi connectivity index (χ0) is 8.85. The highest BCUT2D eigenvalue weighted by atomic mass is 14.4. The Labute approximate surface area is 69.0 Å². The average Bonchev–Trinajstić information content (AvgIpc) is 1.84. The number of hydrogen-bond acceptors (Lipinski definition) is 2. The van der Waals surface area contributed by atoms with Crippen molar-refractivity contribution >= 4 is 11.4 Å². The van der Waals surface area contributed by atoms with Crippen molar-refractivity contribution in [1.29, 1.82) is 10.8 Å². The Hall–Kier alpha value is -0.660. The van der Waals surface area contributed by atoms with Crippen molar-refractivity contribution in [1.82, 2.24) is 0 Å². The fourth-order valence-corrected chi connectivity index (χ4v) is 1.23. The summed E-state index contributed by atoms with van der Waals surface area (Å²) in [5.41, 5.74) is 1.47. The molecule has 0 aromatic heterocycles. The van der Waals surface area contributed by atoms with Crippen LogP contribution in [0.4, 0.5) is 0 Å². The lowest BCUT2D eigenvalue weighted by Crippen LogP contribution is -2.07. The topological polar surface area (TPSA) is 47.7 Å². The van der Waals surface area contributed by atoms with E-state index in [9.17, 15) is 0 Å². The Morgan fingerprint density at radius 2 is 1.45 bits per heavy atom. The molecule has 0 aromatic rings. The highest BCUT2D eigenvalue weighted by Crippen LogP contribution is 2.13. The van der Waals surface area contributed by atoms with Gasteiger partial charge in [0.05, 0.1) is 0 Å². The molecule has 2 N–H and O–H groups in total. The van der Waals surface area contributed by atoms with E-state index in [1.54, 1.807) is 0 Å². The molecule has 0 aromatic carbocycles.